The fourth-order valence-corrected chi connectivity index (χ4v) is 3.73. The summed E-state index contributed by atoms with van der Waals surface area (Å²) in [5.74, 6) is 1.79. The van der Waals surface area contributed by atoms with Crippen molar-refractivity contribution in [3.8, 4) is 33.9 Å². The Morgan fingerprint density at radius 2 is 1.30 bits per heavy atom. The van der Waals surface area contributed by atoms with Gasteiger partial charge in [-0.3, -0.25) is 0 Å². The van der Waals surface area contributed by atoms with Crippen LogP contribution in [0.4, 0.5) is 0 Å². The summed E-state index contributed by atoms with van der Waals surface area (Å²) in [6, 6.07) is 24.4. The van der Waals surface area contributed by atoms with E-state index in [1.165, 1.54) is 0 Å². The normalized spacial score (nSPS) is 12.9. The highest BCUT2D eigenvalue weighted by molar-refractivity contribution is 5.87. The van der Waals surface area contributed by atoms with Gasteiger partial charge in [-0.2, -0.15) is 0 Å². The zero-order valence-electron chi connectivity index (χ0n) is 22.3. The van der Waals surface area contributed by atoms with Crippen LogP contribution in [0.5, 0.6) is 0 Å². The van der Waals surface area contributed by atoms with Crippen molar-refractivity contribution in [1.82, 2.24) is 15.0 Å². The number of nitrogens with zero attached hydrogens (tertiary/aromatic N) is 3. The van der Waals surface area contributed by atoms with Crippen LogP contribution < -0.4 is 0 Å². The summed E-state index contributed by atoms with van der Waals surface area (Å²) in [6.07, 6.45) is 0. The average molecular weight is 433 g/mol. The molecule has 4 aromatic carbocycles. The van der Waals surface area contributed by atoms with Gasteiger partial charge in [-0.15, -0.1) is 0 Å². The van der Waals surface area contributed by atoms with Gasteiger partial charge in [0.25, 0.3) is 0 Å². The maximum Gasteiger partial charge on any atom is 0.163 e. The van der Waals surface area contributed by atoms with Crippen LogP contribution in [0.3, 0.4) is 0 Å². The maximum absolute atomic E-state index is 8.55. The summed E-state index contributed by atoms with van der Waals surface area (Å²) in [6.45, 7) is 7.94. The van der Waals surface area contributed by atoms with Crippen molar-refractivity contribution >= 4 is 10.8 Å². The van der Waals surface area contributed by atoms with Gasteiger partial charge in [0, 0.05) is 16.5 Å². The predicted octanol–water partition coefficient (Wildman–Crippen LogP) is 7.63. The van der Waals surface area contributed by atoms with Crippen molar-refractivity contribution in [2.75, 3.05) is 0 Å². The lowest BCUT2D eigenvalue weighted by molar-refractivity contribution is 0.543. The van der Waals surface area contributed by atoms with E-state index in [4.69, 9.17) is 19.1 Å². The average Bonchev–Trinajstić information content (AvgIpc) is 2.90. The lowest BCUT2D eigenvalue weighted by Crippen LogP contribution is -2.18. The molecule has 1 aromatic heterocycles. The first-order valence-corrected chi connectivity index (χ1v) is 11.1. The Labute approximate surface area is 199 Å². The molecule has 1 heterocycles. The van der Waals surface area contributed by atoms with Gasteiger partial charge in [-0.05, 0) is 41.0 Å². The molecule has 5 rings (SSSR count). The van der Waals surface area contributed by atoms with E-state index in [-0.39, 0.29) is 23.5 Å². The molecule has 0 aliphatic carbocycles. The molecule has 0 aliphatic heterocycles. The summed E-state index contributed by atoms with van der Waals surface area (Å²) in [7, 11) is 0. The number of fused-ring (bicyclic) bond motifs is 1. The van der Waals surface area contributed by atoms with E-state index in [2.05, 4.69) is 45.0 Å². The van der Waals surface area contributed by atoms with Crippen molar-refractivity contribution in [2.24, 2.45) is 0 Å². The Bertz CT molecular complexity index is 1610. The summed E-state index contributed by atoms with van der Waals surface area (Å²) in [5, 5.41) is 1.21. The molecule has 0 saturated carbocycles. The van der Waals surface area contributed by atoms with Gasteiger partial charge in [0.05, 0.1) is 4.11 Å². The largest absolute Gasteiger partial charge is 0.212 e. The summed E-state index contributed by atoms with van der Waals surface area (Å²) in [4.78, 5) is 14.5. The second-order valence-electron chi connectivity index (χ2n) is 9.26. The van der Waals surface area contributed by atoms with E-state index in [9.17, 15) is 0 Å². The van der Waals surface area contributed by atoms with Gasteiger partial charge < -0.3 is 0 Å². The van der Waals surface area contributed by atoms with E-state index in [0.717, 1.165) is 22.3 Å². The van der Waals surface area contributed by atoms with Crippen molar-refractivity contribution < 1.29 is 4.11 Å². The SMILES string of the molecule is [2H]c1c(C)c([2H])c2cc(-c3nc(-c4cccc(-c5ccccc5)c4)nc(C(C)(C)C)n3)ccc2c1[2H]. The second kappa shape index (κ2) is 8.25. The number of aromatic nitrogens is 3. The van der Waals surface area contributed by atoms with E-state index >= 15 is 0 Å². The molecule has 5 aromatic rings. The molecule has 0 fully saturated rings. The van der Waals surface area contributed by atoms with Crippen LogP contribution in [0.25, 0.3) is 44.7 Å². The fraction of sp³-hybridized carbons (Fsp3) is 0.167. The lowest BCUT2D eigenvalue weighted by atomic mass is 9.95. The topological polar surface area (TPSA) is 38.7 Å². The molecule has 3 nitrogen and oxygen atoms in total. The van der Waals surface area contributed by atoms with Crippen LogP contribution in [0.2, 0.25) is 0 Å². The third-order valence-corrected chi connectivity index (χ3v) is 5.52. The van der Waals surface area contributed by atoms with Crippen LogP contribution >= 0.6 is 0 Å². The molecule has 3 heteroatoms. The second-order valence-corrected chi connectivity index (χ2v) is 9.26. The first-order chi connectivity index (χ1) is 17.1. The van der Waals surface area contributed by atoms with Gasteiger partial charge in [0.15, 0.2) is 11.6 Å². The summed E-state index contributed by atoms with van der Waals surface area (Å²) >= 11 is 0. The molecule has 0 atom stereocenters. The van der Waals surface area contributed by atoms with E-state index in [1.54, 1.807) is 13.0 Å². The van der Waals surface area contributed by atoms with Crippen molar-refractivity contribution in [1.29, 1.82) is 0 Å². The van der Waals surface area contributed by atoms with Crippen molar-refractivity contribution in [3.63, 3.8) is 0 Å². The Morgan fingerprint density at radius 3 is 2.03 bits per heavy atom. The molecular formula is C30H27N3. The highest BCUT2D eigenvalue weighted by Crippen LogP contribution is 2.29. The quantitative estimate of drug-likeness (QED) is 0.294. The summed E-state index contributed by atoms with van der Waals surface area (Å²) < 4.78 is 25.0. The van der Waals surface area contributed by atoms with Crippen molar-refractivity contribution in [3.05, 3.63) is 102 Å². The zero-order chi connectivity index (χ0) is 25.6. The smallest absolute Gasteiger partial charge is 0.163 e. The van der Waals surface area contributed by atoms with Gasteiger partial charge in [-0.1, -0.05) is 105 Å². The Balaban J connectivity index is 1.70. The Morgan fingerprint density at radius 1 is 0.636 bits per heavy atom. The first kappa shape index (κ1) is 17.7. The maximum atomic E-state index is 8.55. The Hall–Kier alpha value is -3.85. The number of hydrogen-bond donors (Lipinski definition) is 0. The number of rotatable bonds is 3. The molecule has 0 radical (unpaired) electrons. The summed E-state index contributed by atoms with van der Waals surface area (Å²) in [5.41, 5.74) is 4.05. The predicted molar refractivity (Wildman–Crippen MR) is 137 cm³/mol. The fourth-order valence-electron chi connectivity index (χ4n) is 3.73. The molecule has 0 spiro atoms. The van der Waals surface area contributed by atoms with E-state index < -0.39 is 0 Å². The first-order valence-electron chi connectivity index (χ1n) is 12.6. The standard InChI is InChI=1S/C30H27N3/c1-20-13-14-22-15-16-25(19-26(22)17-20)28-31-27(32-29(33-28)30(2,3)4)24-12-8-11-23(18-24)21-9-6-5-7-10-21/h5-19H,1-4H3/i13D,14D,17D. The third kappa shape index (κ3) is 4.40. The van der Waals surface area contributed by atoms with Crippen LogP contribution in [-0.4, -0.2) is 15.0 Å². The highest BCUT2D eigenvalue weighted by Gasteiger charge is 2.21. The lowest BCUT2D eigenvalue weighted by Gasteiger charge is -2.18. The number of benzene rings is 4. The molecule has 33 heavy (non-hydrogen) atoms. The van der Waals surface area contributed by atoms with E-state index in [1.807, 2.05) is 42.5 Å². The van der Waals surface area contributed by atoms with Gasteiger partial charge in [0.1, 0.15) is 5.82 Å². The minimum Gasteiger partial charge on any atom is -0.212 e. The molecule has 0 unspecified atom stereocenters. The molecule has 162 valence electrons. The highest BCUT2D eigenvalue weighted by atomic mass is 15.0. The molecule has 0 aliphatic rings. The van der Waals surface area contributed by atoms with Gasteiger partial charge in [-0.25, -0.2) is 15.0 Å². The van der Waals surface area contributed by atoms with Gasteiger partial charge in [0.2, 0.25) is 0 Å². The molecular weight excluding hydrogens is 402 g/mol. The van der Waals surface area contributed by atoms with Crippen molar-refractivity contribution in [2.45, 2.75) is 33.1 Å². The van der Waals surface area contributed by atoms with Crippen LogP contribution in [-0.2, 0) is 5.41 Å². The van der Waals surface area contributed by atoms with Crippen LogP contribution in [0.1, 0.15) is 36.3 Å². The Kier molecular flexibility index (Phi) is 4.42. The number of hydrogen-bond acceptors (Lipinski definition) is 3. The molecule has 0 saturated heterocycles. The molecule has 0 amide bonds. The third-order valence-electron chi connectivity index (χ3n) is 5.52. The van der Waals surface area contributed by atoms with Crippen LogP contribution in [0, 0.1) is 6.92 Å². The molecule has 0 bridgehead atoms. The van der Waals surface area contributed by atoms with Crippen LogP contribution in [0.15, 0.2) is 90.9 Å². The zero-order valence-corrected chi connectivity index (χ0v) is 19.3. The van der Waals surface area contributed by atoms with E-state index in [0.29, 0.717) is 33.8 Å². The minimum atomic E-state index is -0.300. The molecule has 0 N–H and O–H groups in total. The minimum absolute atomic E-state index is 0.0935. The monoisotopic (exact) mass is 432 g/mol. The van der Waals surface area contributed by atoms with Gasteiger partial charge >= 0.3 is 0 Å².